The largest absolute Gasteiger partial charge is 0.494 e. The third-order valence-corrected chi connectivity index (χ3v) is 7.61. The second kappa shape index (κ2) is 12.5. The zero-order chi connectivity index (χ0) is 20.3. The Balaban J connectivity index is 1.34. The maximum Gasteiger partial charge on any atom is 0.119 e. The Labute approximate surface area is 180 Å². The van der Waals surface area contributed by atoms with E-state index in [1.54, 1.807) is 5.57 Å². The fourth-order valence-corrected chi connectivity index (χ4v) is 5.41. The van der Waals surface area contributed by atoms with Gasteiger partial charge >= 0.3 is 0 Å². The summed E-state index contributed by atoms with van der Waals surface area (Å²) in [4.78, 5) is 0. The van der Waals surface area contributed by atoms with Crippen molar-refractivity contribution in [3.8, 4) is 5.75 Å². The molecule has 1 unspecified atom stereocenters. The van der Waals surface area contributed by atoms with Gasteiger partial charge in [0.05, 0.1) is 6.61 Å². The Hall–Kier alpha value is -1.24. The van der Waals surface area contributed by atoms with Crippen molar-refractivity contribution >= 4 is 0 Å². The molecular weight excluding hydrogens is 352 g/mol. The van der Waals surface area contributed by atoms with Crippen LogP contribution in [0.3, 0.4) is 0 Å². The maximum atomic E-state index is 5.87. The van der Waals surface area contributed by atoms with Crippen LogP contribution < -0.4 is 4.74 Å². The summed E-state index contributed by atoms with van der Waals surface area (Å²) in [6.45, 7) is 5.48. The molecule has 1 aromatic carbocycles. The van der Waals surface area contributed by atoms with E-state index in [2.05, 4.69) is 44.2 Å². The van der Waals surface area contributed by atoms with Crippen molar-refractivity contribution in [2.45, 2.75) is 104 Å². The van der Waals surface area contributed by atoms with Crippen LogP contribution in [0.15, 0.2) is 35.9 Å². The fourth-order valence-electron chi connectivity index (χ4n) is 5.41. The van der Waals surface area contributed by atoms with E-state index >= 15 is 0 Å². The minimum atomic E-state index is 0.855. The number of aryl methyl sites for hydroxylation is 1. The summed E-state index contributed by atoms with van der Waals surface area (Å²) in [5.74, 6) is 4.05. The van der Waals surface area contributed by atoms with Gasteiger partial charge in [-0.25, -0.2) is 0 Å². The zero-order valence-corrected chi connectivity index (χ0v) is 19.1. The average molecular weight is 397 g/mol. The van der Waals surface area contributed by atoms with Gasteiger partial charge in [0.25, 0.3) is 0 Å². The number of unbranched alkanes of at least 4 members (excludes halogenated alkanes) is 3. The van der Waals surface area contributed by atoms with Crippen molar-refractivity contribution in [1.29, 1.82) is 0 Å². The van der Waals surface area contributed by atoms with Crippen molar-refractivity contribution in [3.63, 3.8) is 0 Å². The average Bonchev–Trinajstić information content (AvgIpc) is 2.79. The van der Waals surface area contributed by atoms with E-state index in [1.165, 1.54) is 95.5 Å². The van der Waals surface area contributed by atoms with Gasteiger partial charge in [0.1, 0.15) is 5.75 Å². The molecule has 1 heteroatoms. The fraction of sp³-hybridized carbons (Fsp3) is 0.714. The van der Waals surface area contributed by atoms with E-state index in [0.717, 1.165) is 30.1 Å². The van der Waals surface area contributed by atoms with Crippen molar-refractivity contribution < 1.29 is 4.74 Å². The summed E-state index contributed by atoms with van der Waals surface area (Å²) < 4.78 is 5.87. The van der Waals surface area contributed by atoms with Gasteiger partial charge in [-0.1, -0.05) is 76.2 Å². The maximum absolute atomic E-state index is 5.87. The van der Waals surface area contributed by atoms with Crippen LogP contribution in [0.4, 0.5) is 0 Å². The molecule has 0 saturated heterocycles. The normalized spacial score (nSPS) is 24.9. The molecule has 0 radical (unpaired) electrons. The molecule has 0 bridgehead atoms. The van der Waals surface area contributed by atoms with Crippen LogP contribution in [-0.2, 0) is 6.42 Å². The van der Waals surface area contributed by atoms with Gasteiger partial charge in [0.15, 0.2) is 0 Å². The van der Waals surface area contributed by atoms with Crippen molar-refractivity contribution in [2.24, 2.45) is 17.8 Å². The van der Waals surface area contributed by atoms with Crippen LogP contribution >= 0.6 is 0 Å². The highest BCUT2D eigenvalue weighted by molar-refractivity contribution is 5.28. The lowest BCUT2D eigenvalue weighted by Gasteiger charge is -2.35. The van der Waals surface area contributed by atoms with Crippen LogP contribution in [0.2, 0.25) is 0 Å². The summed E-state index contributed by atoms with van der Waals surface area (Å²) in [6.07, 6.45) is 21.6. The SMILES string of the molecule is CCCCCCOc1ccc(CCC2=CCC([C@H]3CC[C@H](CC)CC3)CC2)cc1. The highest BCUT2D eigenvalue weighted by atomic mass is 16.5. The molecule has 1 atom stereocenters. The predicted molar refractivity (Wildman–Crippen MR) is 126 cm³/mol. The smallest absolute Gasteiger partial charge is 0.119 e. The molecular formula is C28H44O. The van der Waals surface area contributed by atoms with Gasteiger partial charge in [-0.05, 0) is 86.8 Å². The molecule has 1 fully saturated rings. The first-order valence-corrected chi connectivity index (χ1v) is 12.7. The molecule has 29 heavy (non-hydrogen) atoms. The first-order chi connectivity index (χ1) is 14.3. The molecule has 162 valence electrons. The lowest BCUT2D eigenvalue weighted by atomic mass is 9.71. The van der Waals surface area contributed by atoms with Crippen molar-refractivity contribution in [2.75, 3.05) is 6.61 Å². The van der Waals surface area contributed by atoms with E-state index in [4.69, 9.17) is 4.74 Å². The van der Waals surface area contributed by atoms with Gasteiger partial charge in [-0.15, -0.1) is 0 Å². The summed E-state index contributed by atoms with van der Waals surface area (Å²) in [5, 5.41) is 0. The Morgan fingerprint density at radius 3 is 2.28 bits per heavy atom. The summed E-state index contributed by atoms with van der Waals surface area (Å²) in [7, 11) is 0. The quantitative estimate of drug-likeness (QED) is 0.269. The molecule has 3 rings (SSSR count). The summed E-state index contributed by atoms with van der Waals surface area (Å²) in [5.41, 5.74) is 3.16. The minimum Gasteiger partial charge on any atom is -0.494 e. The third kappa shape index (κ3) is 7.50. The molecule has 1 aromatic rings. The lowest BCUT2D eigenvalue weighted by Crippen LogP contribution is -2.23. The number of hydrogen-bond donors (Lipinski definition) is 0. The Bertz CT molecular complexity index is 591. The van der Waals surface area contributed by atoms with Crippen LogP contribution in [0.1, 0.15) is 103 Å². The molecule has 0 spiro atoms. The molecule has 0 heterocycles. The first-order valence-electron chi connectivity index (χ1n) is 12.7. The highest BCUT2D eigenvalue weighted by Gasteiger charge is 2.27. The number of hydrogen-bond acceptors (Lipinski definition) is 1. The van der Waals surface area contributed by atoms with Gasteiger partial charge in [0, 0.05) is 0 Å². The Kier molecular flexibility index (Phi) is 9.64. The molecule has 2 aliphatic carbocycles. The van der Waals surface area contributed by atoms with Gasteiger partial charge in [-0.3, -0.25) is 0 Å². The standard InChI is InChI=1S/C28H44O/c1-3-5-6-7-22-29-28-20-14-25(15-21-28)9-8-24-12-18-27(19-13-24)26-16-10-23(4-2)11-17-26/h12,14-15,20-21,23,26-27H,3-11,13,16-19,22H2,1-2H3/t23-,26-,27?. The van der Waals surface area contributed by atoms with Gasteiger partial charge in [0.2, 0.25) is 0 Å². The number of ether oxygens (including phenoxy) is 1. The molecule has 1 saturated carbocycles. The van der Waals surface area contributed by atoms with E-state index in [1.807, 2.05) is 0 Å². The Morgan fingerprint density at radius 1 is 0.828 bits per heavy atom. The summed E-state index contributed by atoms with van der Waals surface area (Å²) >= 11 is 0. The van der Waals surface area contributed by atoms with Crippen LogP contribution in [0.5, 0.6) is 5.75 Å². The molecule has 0 aliphatic heterocycles. The monoisotopic (exact) mass is 396 g/mol. The number of benzene rings is 1. The second-order valence-corrected chi connectivity index (χ2v) is 9.64. The molecule has 1 nitrogen and oxygen atoms in total. The number of rotatable bonds is 11. The van der Waals surface area contributed by atoms with Crippen molar-refractivity contribution in [3.05, 3.63) is 41.5 Å². The van der Waals surface area contributed by atoms with Gasteiger partial charge in [-0.2, -0.15) is 0 Å². The van der Waals surface area contributed by atoms with Crippen molar-refractivity contribution in [1.82, 2.24) is 0 Å². The molecule has 0 aromatic heterocycles. The Morgan fingerprint density at radius 2 is 1.62 bits per heavy atom. The predicted octanol–water partition coefficient (Wildman–Crippen LogP) is 8.52. The van der Waals surface area contributed by atoms with Crippen LogP contribution in [0.25, 0.3) is 0 Å². The van der Waals surface area contributed by atoms with Crippen LogP contribution in [0, 0.1) is 17.8 Å². The van der Waals surface area contributed by atoms with E-state index in [0.29, 0.717) is 0 Å². The molecule has 0 N–H and O–H groups in total. The topological polar surface area (TPSA) is 9.23 Å². The van der Waals surface area contributed by atoms with E-state index in [-0.39, 0.29) is 0 Å². The van der Waals surface area contributed by atoms with E-state index < -0.39 is 0 Å². The molecule has 0 amide bonds. The third-order valence-electron chi connectivity index (χ3n) is 7.61. The zero-order valence-electron chi connectivity index (χ0n) is 19.1. The molecule has 2 aliphatic rings. The van der Waals surface area contributed by atoms with E-state index in [9.17, 15) is 0 Å². The van der Waals surface area contributed by atoms with Gasteiger partial charge < -0.3 is 4.74 Å². The second-order valence-electron chi connectivity index (χ2n) is 9.64. The lowest BCUT2D eigenvalue weighted by molar-refractivity contribution is 0.189. The summed E-state index contributed by atoms with van der Waals surface area (Å²) in [6, 6.07) is 8.85. The van der Waals surface area contributed by atoms with Crippen LogP contribution in [-0.4, -0.2) is 6.61 Å². The highest BCUT2D eigenvalue weighted by Crippen LogP contribution is 2.40. The first kappa shape index (κ1) is 22.4. The number of allylic oxidation sites excluding steroid dienone is 2. The minimum absolute atomic E-state index is 0.855.